The molecule has 1 rings (SSSR count). The van der Waals surface area contributed by atoms with Crippen LogP contribution in [0.1, 0.15) is 0 Å². The number of thioether (sulfide) groups is 1. The van der Waals surface area contributed by atoms with Crippen LogP contribution in [-0.2, 0) is 4.79 Å². The van der Waals surface area contributed by atoms with E-state index in [1.165, 1.54) is 18.2 Å². The maximum Gasteiger partial charge on any atom is 0.393 e. The lowest BCUT2D eigenvalue weighted by atomic mass is 10.4. The van der Waals surface area contributed by atoms with Crippen molar-refractivity contribution in [3.63, 3.8) is 0 Å². The Bertz CT molecular complexity index is 398. The van der Waals surface area contributed by atoms with Gasteiger partial charge >= 0.3 is 11.2 Å². The highest BCUT2D eigenvalue weighted by atomic mass is 35.5. The molecule has 0 heterocycles. The van der Waals surface area contributed by atoms with Crippen LogP contribution in [0.5, 0.6) is 0 Å². The molecule has 0 aromatic heterocycles. The molecule has 0 spiro atoms. The third kappa shape index (κ3) is 3.22. The van der Waals surface area contributed by atoms with E-state index in [1.54, 1.807) is 0 Å². The number of carboxylic acid groups (broad SMARTS) is 1. The summed E-state index contributed by atoms with van der Waals surface area (Å²) in [6, 6.07) is 3.93. The van der Waals surface area contributed by atoms with Crippen molar-refractivity contribution in [3.8, 4) is 0 Å². The van der Waals surface area contributed by atoms with Gasteiger partial charge in [-0.05, 0) is 30.0 Å². The van der Waals surface area contributed by atoms with Crippen LogP contribution in [0.25, 0.3) is 0 Å². The third-order valence-electron chi connectivity index (χ3n) is 1.38. The van der Waals surface area contributed by atoms with E-state index in [0.29, 0.717) is 0 Å². The second-order valence-corrected chi connectivity index (χ2v) is 4.50. The van der Waals surface area contributed by atoms with Crippen LogP contribution in [0.4, 0.5) is 8.78 Å². The van der Waals surface area contributed by atoms with Crippen molar-refractivity contribution in [1.82, 2.24) is 0 Å². The smallest absolute Gasteiger partial charge is 0.393 e. The maximum absolute atomic E-state index is 12.8. The fourth-order valence-electron chi connectivity index (χ4n) is 0.737. The van der Waals surface area contributed by atoms with Crippen molar-refractivity contribution in [1.29, 1.82) is 0 Å². The van der Waals surface area contributed by atoms with Crippen LogP contribution < -0.4 is 0 Å². The number of rotatable bonds is 3. The predicted molar refractivity (Wildman–Crippen MR) is 54.9 cm³/mol. The fraction of sp³-hybridized carbons (Fsp3) is 0.125. The first-order valence-electron chi connectivity index (χ1n) is 3.58. The van der Waals surface area contributed by atoms with Crippen molar-refractivity contribution < 1.29 is 18.7 Å². The number of benzene rings is 1. The molecule has 0 fully saturated rings. The third-order valence-corrected chi connectivity index (χ3v) is 3.05. The van der Waals surface area contributed by atoms with Gasteiger partial charge in [-0.15, -0.1) is 0 Å². The number of carbonyl (C=O) groups is 1. The molecule has 1 aromatic carbocycles. The first-order valence-corrected chi connectivity index (χ1v) is 5.15. The second-order valence-electron chi connectivity index (χ2n) is 2.50. The zero-order chi connectivity index (χ0) is 11.6. The molecule has 0 aliphatic rings. The molecule has 0 radical (unpaired) electrons. The largest absolute Gasteiger partial charge is 0.476 e. The van der Waals surface area contributed by atoms with Crippen LogP contribution in [0, 0.1) is 0 Å². The lowest BCUT2D eigenvalue weighted by molar-refractivity contribution is -0.152. The summed E-state index contributed by atoms with van der Waals surface area (Å²) in [5.74, 6) is -2.22. The summed E-state index contributed by atoms with van der Waals surface area (Å²) < 4.78 is 25.6. The van der Waals surface area contributed by atoms with E-state index in [9.17, 15) is 13.6 Å². The van der Waals surface area contributed by atoms with Gasteiger partial charge in [0.2, 0.25) is 0 Å². The Morgan fingerprint density at radius 1 is 1.40 bits per heavy atom. The Morgan fingerprint density at radius 3 is 2.53 bits per heavy atom. The van der Waals surface area contributed by atoms with Gasteiger partial charge < -0.3 is 5.11 Å². The summed E-state index contributed by atoms with van der Waals surface area (Å²) >= 11 is 11.0. The minimum atomic E-state index is -3.92. The van der Waals surface area contributed by atoms with E-state index in [2.05, 4.69) is 0 Å². The molecule has 82 valence electrons. The zero-order valence-corrected chi connectivity index (χ0v) is 9.34. The molecule has 0 aliphatic carbocycles. The molecule has 0 saturated carbocycles. The predicted octanol–water partition coefficient (Wildman–Crippen LogP) is 3.76. The Balaban J connectivity index is 2.99. The van der Waals surface area contributed by atoms with Gasteiger partial charge in [-0.1, -0.05) is 23.2 Å². The van der Waals surface area contributed by atoms with Gasteiger partial charge in [-0.3, -0.25) is 0 Å². The van der Waals surface area contributed by atoms with Gasteiger partial charge in [0.25, 0.3) is 0 Å². The van der Waals surface area contributed by atoms with E-state index in [1.807, 2.05) is 0 Å². The molecule has 1 N–H and O–H groups in total. The molecule has 2 nitrogen and oxygen atoms in total. The molecule has 7 heteroatoms. The number of hydrogen-bond donors (Lipinski definition) is 1. The van der Waals surface area contributed by atoms with Gasteiger partial charge in [0.1, 0.15) is 0 Å². The Kier molecular flexibility index (Phi) is 3.81. The summed E-state index contributed by atoms with van der Waals surface area (Å²) in [4.78, 5) is 10.1. The minimum absolute atomic E-state index is 0.0327. The molecule has 0 amide bonds. The number of alkyl halides is 2. The molecule has 0 bridgehead atoms. The average Bonchev–Trinajstić information content (AvgIpc) is 2.10. The van der Waals surface area contributed by atoms with Crippen LogP contribution >= 0.6 is 35.0 Å². The first kappa shape index (κ1) is 12.5. The highest BCUT2D eigenvalue weighted by Gasteiger charge is 2.40. The fourth-order valence-corrected chi connectivity index (χ4v) is 1.92. The zero-order valence-electron chi connectivity index (χ0n) is 7.01. The maximum atomic E-state index is 12.8. The molecule has 0 aliphatic heterocycles. The van der Waals surface area contributed by atoms with Crippen LogP contribution in [-0.4, -0.2) is 16.3 Å². The van der Waals surface area contributed by atoms with Gasteiger partial charge in [-0.2, -0.15) is 8.78 Å². The monoisotopic (exact) mass is 272 g/mol. The van der Waals surface area contributed by atoms with Crippen LogP contribution in [0.3, 0.4) is 0 Å². The normalized spacial score (nSPS) is 11.5. The quantitative estimate of drug-likeness (QED) is 0.852. The summed E-state index contributed by atoms with van der Waals surface area (Å²) in [7, 11) is 0. The Hall–Kier alpha value is -0.520. The SMILES string of the molecule is O=C(O)C(F)(F)Sc1cc(Cl)ccc1Cl. The first-order chi connectivity index (χ1) is 6.83. The summed E-state index contributed by atoms with van der Waals surface area (Å²) in [5, 5.41) is 4.54. The van der Waals surface area contributed by atoms with E-state index < -0.39 is 11.2 Å². The van der Waals surface area contributed by atoms with Gasteiger partial charge in [-0.25, -0.2) is 4.79 Å². The van der Waals surface area contributed by atoms with Crippen molar-refractivity contribution in [3.05, 3.63) is 28.2 Å². The van der Waals surface area contributed by atoms with Crippen molar-refractivity contribution in [2.24, 2.45) is 0 Å². The van der Waals surface area contributed by atoms with E-state index in [4.69, 9.17) is 28.3 Å². The Morgan fingerprint density at radius 2 is 2.00 bits per heavy atom. The Labute approximate surface area is 98.2 Å². The second kappa shape index (κ2) is 4.55. The molecule has 0 unspecified atom stereocenters. The van der Waals surface area contributed by atoms with Crippen LogP contribution in [0.15, 0.2) is 23.1 Å². The highest BCUT2D eigenvalue weighted by Crippen LogP contribution is 2.40. The van der Waals surface area contributed by atoms with E-state index in [-0.39, 0.29) is 26.7 Å². The molecular weight excluding hydrogens is 269 g/mol. The van der Waals surface area contributed by atoms with Gasteiger partial charge in [0.15, 0.2) is 0 Å². The van der Waals surface area contributed by atoms with Gasteiger partial charge in [0, 0.05) is 9.92 Å². The van der Waals surface area contributed by atoms with Crippen molar-refractivity contribution >= 4 is 40.9 Å². The van der Waals surface area contributed by atoms with Gasteiger partial charge in [0.05, 0.1) is 5.02 Å². The number of halogens is 4. The number of aliphatic carboxylic acids is 1. The van der Waals surface area contributed by atoms with E-state index >= 15 is 0 Å². The molecule has 15 heavy (non-hydrogen) atoms. The summed E-state index contributed by atoms with van der Waals surface area (Å²) in [6.07, 6.45) is 0. The van der Waals surface area contributed by atoms with Crippen molar-refractivity contribution in [2.75, 3.05) is 0 Å². The molecular formula is C8H4Cl2F2O2S. The minimum Gasteiger partial charge on any atom is -0.476 e. The molecule has 1 aromatic rings. The summed E-state index contributed by atoms with van der Waals surface area (Å²) in [5.41, 5.74) is 0. The summed E-state index contributed by atoms with van der Waals surface area (Å²) in [6.45, 7) is 0. The number of carboxylic acids is 1. The molecule has 0 atom stereocenters. The number of hydrogen-bond acceptors (Lipinski definition) is 2. The standard InChI is InChI=1S/C8H4Cl2F2O2S/c9-4-1-2-5(10)6(3-4)15-8(11,12)7(13)14/h1-3H,(H,13,14). The lowest BCUT2D eigenvalue weighted by Crippen LogP contribution is -2.23. The van der Waals surface area contributed by atoms with E-state index in [0.717, 1.165) is 0 Å². The topological polar surface area (TPSA) is 37.3 Å². The highest BCUT2D eigenvalue weighted by molar-refractivity contribution is 8.01. The lowest BCUT2D eigenvalue weighted by Gasteiger charge is -2.11. The van der Waals surface area contributed by atoms with Crippen molar-refractivity contribution in [2.45, 2.75) is 10.2 Å². The van der Waals surface area contributed by atoms with Crippen LogP contribution in [0.2, 0.25) is 10.0 Å². The molecule has 0 saturated heterocycles. The average molecular weight is 273 g/mol.